The summed E-state index contributed by atoms with van der Waals surface area (Å²) in [5, 5.41) is 56.4. The first-order chi connectivity index (χ1) is 52.5. The van der Waals surface area contributed by atoms with Crippen LogP contribution in [0.1, 0.15) is 194 Å². The van der Waals surface area contributed by atoms with E-state index >= 15 is 0 Å². The van der Waals surface area contributed by atoms with E-state index in [4.69, 9.17) is 11.5 Å². The van der Waals surface area contributed by atoms with Gasteiger partial charge in [0.15, 0.2) is 0 Å². The molecular weight excluding hydrogens is 1480 g/mol. The molecule has 0 unspecified atom stereocenters. The maximum atomic E-state index is 14.5. The molecule has 36 nitrogen and oxygen atoms in total. The number of nitrogens with zero attached hydrogens (tertiary/aromatic N) is 1. The lowest BCUT2D eigenvalue weighted by Crippen LogP contribution is -2.67. The van der Waals surface area contributed by atoms with Gasteiger partial charge in [0.2, 0.25) is 100 Å². The molecule has 1 fully saturated rings. The van der Waals surface area contributed by atoms with E-state index in [1.54, 1.807) is 44.2 Å². The largest absolute Gasteiger partial charge is 0.394 e. The number of likely N-dealkylation sites (tertiary alicyclic amines) is 1. The van der Waals surface area contributed by atoms with Crippen molar-refractivity contribution in [1.82, 2.24) is 79.3 Å². The number of amides is 17. The zero-order chi connectivity index (χ0) is 87.0. The predicted octanol–water partition coefficient (Wildman–Crippen LogP) is -2.25. The molecule has 17 amide bonds. The van der Waals surface area contributed by atoms with Crippen molar-refractivity contribution in [2.45, 2.75) is 283 Å². The second kappa shape index (κ2) is 41.9. The highest BCUT2D eigenvalue weighted by atomic mass is 16.3. The summed E-state index contributed by atoms with van der Waals surface area (Å²) in [5.74, 6) is -14.9. The number of primary amides is 2. The Kier molecular flexibility index (Phi) is 35.9. The Morgan fingerprint density at radius 2 is 0.737 bits per heavy atom. The molecule has 36 heteroatoms. The molecule has 1 aliphatic heterocycles. The summed E-state index contributed by atoms with van der Waals surface area (Å²) >= 11 is 0. The highest BCUT2D eigenvalue weighted by molar-refractivity contribution is 6.03. The number of benzene rings is 2. The molecule has 0 spiro atoms. The van der Waals surface area contributed by atoms with Crippen molar-refractivity contribution in [3.05, 3.63) is 71.8 Å². The van der Waals surface area contributed by atoms with Crippen molar-refractivity contribution in [3.8, 4) is 0 Å². The summed E-state index contributed by atoms with van der Waals surface area (Å²) in [6, 6.07) is 7.16. The van der Waals surface area contributed by atoms with E-state index in [0.29, 0.717) is 18.4 Å². The maximum absolute atomic E-state index is 14.5. The van der Waals surface area contributed by atoms with E-state index in [2.05, 4.69) is 74.4 Å². The fourth-order valence-corrected chi connectivity index (χ4v) is 12.0. The van der Waals surface area contributed by atoms with Gasteiger partial charge in [0.05, 0.1) is 19.3 Å². The highest BCUT2D eigenvalue weighted by Gasteiger charge is 2.47. The average molecular weight is 1600 g/mol. The normalized spacial score (nSPS) is 15.3. The molecule has 0 aromatic heterocycles. The number of carbonyl (C=O) groups excluding carboxylic acids is 17. The Bertz CT molecular complexity index is 3800. The summed E-state index contributed by atoms with van der Waals surface area (Å²) in [6.45, 7) is 25.6. The van der Waals surface area contributed by atoms with Gasteiger partial charge in [-0.1, -0.05) is 88.4 Å². The lowest BCUT2D eigenvalue weighted by atomic mass is 9.96. The summed E-state index contributed by atoms with van der Waals surface area (Å²) in [7, 11) is 0. The van der Waals surface area contributed by atoms with Gasteiger partial charge in [0.1, 0.15) is 81.1 Å². The third kappa shape index (κ3) is 30.7. The summed E-state index contributed by atoms with van der Waals surface area (Å²) in [6.07, 6.45) is -0.896. The zero-order valence-electron chi connectivity index (χ0n) is 69.2. The minimum absolute atomic E-state index is 0.0217. The first kappa shape index (κ1) is 97.5. The van der Waals surface area contributed by atoms with Crippen LogP contribution in [-0.2, 0) is 94.3 Å². The number of nitrogens with two attached hydrogens (primary N) is 2. The van der Waals surface area contributed by atoms with Crippen LogP contribution in [0.2, 0.25) is 0 Å². The number of hydrogen-bond acceptors (Lipinski definition) is 19. The third-order valence-corrected chi connectivity index (χ3v) is 18.7. The lowest BCUT2D eigenvalue weighted by Gasteiger charge is -2.36. The van der Waals surface area contributed by atoms with Crippen LogP contribution in [0.5, 0.6) is 0 Å². The number of carbonyl (C=O) groups is 17. The quantitative estimate of drug-likeness (QED) is 0.0333. The molecule has 2 aromatic carbocycles. The molecule has 3 rings (SSSR count). The number of hydrogen-bond donors (Lipinski definition) is 18. The molecule has 1 heterocycles. The van der Waals surface area contributed by atoms with Gasteiger partial charge in [-0.05, 0) is 165 Å². The summed E-state index contributed by atoms with van der Waals surface area (Å²) in [5.41, 5.74) is -0.300. The van der Waals surface area contributed by atoms with Gasteiger partial charge in [-0.15, -0.1) is 0 Å². The highest BCUT2D eigenvalue weighted by Crippen LogP contribution is 2.24. The van der Waals surface area contributed by atoms with Gasteiger partial charge in [-0.25, -0.2) is 0 Å². The number of aliphatic hydroxyl groups excluding tert-OH is 2. The second-order valence-corrected chi connectivity index (χ2v) is 33.5. The SMILES string of the molecule is CC(=O)NC(C)(C)C(=O)N[C@@H](CO)C(=O)N[C@@H](Cc1ccccc1)C(=O)NC(C)(C)C(=O)N1CCC[C@H]1C(=O)N[C@@H](CC(C)C)C(=O)NC(C)(C)C(=O)NC(C)(C)C(=O)N[C@@H](CCC(N)=O)C(=O)NC(C)(C)C(=O)NC(C)(C)C(=O)N[C@@H](CCC(N)=O)C(=O)NC(C)(C)C(=O)N[C@@H](CC(C)C)C(=O)N[C@H](CO)Cc1ccccc1. The third-order valence-electron chi connectivity index (χ3n) is 18.7. The van der Waals surface area contributed by atoms with Gasteiger partial charge in [0.25, 0.3) is 0 Å². The number of nitrogens with one attached hydrogen (secondary N) is 14. The minimum atomic E-state index is -1.94. The van der Waals surface area contributed by atoms with Crippen molar-refractivity contribution in [2.24, 2.45) is 23.3 Å². The van der Waals surface area contributed by atoms with E-state index in [9.17, 15) is 91.7 Å². The van der Waals surface area contributed by atoms with Gasteiger partial charge in [-0.3, -0.25) is 81.5 Å². The van der Waals surface area contributed by atoms with Crippen LogP contribution in [0.15, 0.2) is 60.7 Å². The summed E-state index contributed by atoms with van der Waals surface area (Å²) < 4.78 is 0. The molecule has 0 saturated carbocycles. The van der Waals surface area contributed by atoms with Crippen molar-refractivity contribution in [1.29, 1.82) is 0 Å². The molecule has 0 radical (unpaired) electrons. The smallest absolute Gasteiger partial charge is 0.248 e. The monoisotopic (exact) mass is 1600 g/mol. The molecule has 0 aliphatic carbocycles. The second-order valence-electron chi connectivity index (χ2n) is 33.5. The zero-order valence-corrected chi connectivity index (χ0v) is 69.2. The van der Waals surface area contributed by atoms with Crippen molar-refractivity contribution < 1.29 is 91.7 Å². The van der Waals surface area contributed by atoms with E-state index in [0.717, 1.165) is 5.56 Å². The molecule has 114 heavy (non-hydrogen) atoms. The fraction of sp³-hybridized carbons (Fsp3) is 0.628. The van der Waals surface area contributed by atoms with Gasteiger partial charge in [0, 0.05) is 32.7 Å². The Morgan fingerprint density at radius 1 is 0.395 bits per heavy atom. The molecule has 20 N–H and O–H groups in total. The van der Waals surface area contributed by atoms with E-state index < -0.39 is 220 Å². The standard InChI is InChI=1S/C78H123N17O19/c1-43(2)37-51(58(101)81-48(41-96)39-46-27-22-20-23-28-46)86-66(109)73(8,9)89-60(103)49(32-34-56(79)99)84-67(110)74(10,11)93-69(112)76(14,15)90-61(104)50(33-35-57(80)100)85-68(111)75(12,13)94-70(113)77(16,17)91-62(105)52(38-44(3)4)83-64(107)55-31-26-36-95(55)71(114)78(18,19)92-63(106)53(40-47-29-24-21-25-30-47)82-59(102)54(42-97)87-65(108)72(6,7)88-45(5)98/h20-25,27-30,43-44,48-55,96-97H,26,31-42H2,1-19H3,(H2,79,99)(H2,80,100)(H,81,101)(H,82,102)(H,83,107)(H,84,110)(H,85,111)(H,86,109)(H,87,108)(H,88,98)(H,89,103)(H,90,104)(H,91,105)(H,92,106)(H,93,112)(H,94,113)/t48-,49-,50-,51-,52-,53-,54-,55-/m0/s1. The van der Waals surface area contributed by atoms with Crippen LogP contribution in [-0.4, -0.2) is 222 Å². The van der Waals surface area contributed by atoms with Crippen LogP contribution in [0.25, 0.3) is 0 Å². The van der Waals surface area contributed by atoms with Crippen molar-refractivity contribution in [2.75, 3.05) is 19.8 Å². The minimum Gasteiger partial charge on any atom is -0.394 e. The fourth-order valence-electron chi connectivity index (χ4n) is 12.0. The first-order valence-electron chi connectivity index (χ1n) is 38.1. The Hall–Kier alpha value is -10.7. The van der Waals surface area contributed by atoms with Crippen LogP contribution in [0.3, 0.4) is 0 Å². The van der Waals surface area contributed by atoms with E-state index in [1.165, 1.54) is 109 Å². The molecule has 1 aliphatic rings. The number of rotatable bonds is 44. The molecule has 1 saturated heterocycles. The van der Waals surface area contributed by atoms with Crippen LogP contribution >= 0.6 is 0 Å². The van der Waals surface area contributed by atoms with E-state index in [-0.39, 0.29) is 50.5 Å². The number of aliphatic hydroxyl groups is 2. The topological polar surface area (TPSA) is 554 Å². The van der Waals surface area contributed by atoms with Crippen LogP contribution in [0.4, 0.5) is 0 Å². The van der Waals surface area contributed by atoms with Gasteiger partial charge >= 0.3 is 0 Å². The molecule has 634 valence electrons. The Morgan fingerprint density at radius 3 is 1.13 bits per heavy atom. The molecule has 0 bridgehead atoms. The Labute approximate surface area is 666 Å². The average Bonchev–Trinajstić information content (AvgIpc) is 1.52. The predicted molar refractivity (Wildman–Crippen MR) is 420 cm³/mol. The van der Waals surface area contributed by atoms with Crippen molar-refractivity contribution >= 4 is 100 Å². The Balaban J connectivity index is 1.75. The first-order valence-corrected chi connectivity index (χ1v) is 38.1. The van der Waals surface area contributed by atoms with Gasteiger partial charge in [-0.2, -0.15) is 0 Å². The van der Waals surface area contributed by atoms with Crippen molar-refractivity contribution in [3.63, 3.8) is 0 Å². The van der Waals surface area contributed by atoms with Crippen LogP contribution < -0.4 is 85.9 Å². The molecule has 8 atom stereocenters. The van der Waals surface area contributed by atoms with E-state index in [1.807, 2.05) is 44.2 Å². The molecular formula is C78H123N17O19. The van der Waals surface area contributed by atoms with Gasteiger partial charge < -0.3 is 101 Å². The lowest BCUT2D eigenvalue weighted by molar-refractivity contribution is -0.145. The molecule has 2 aromatic rings. The summed E-state index contributed by atoms with van der Waals surface area (Å²) in [4.78, 5) is 234. The van der Waals surface area contributed by atoms with Crippen LogP contribution in [0, 0.1) is 11.8 Å². The maximum Gasteiger partial charge on any atom is 0.248 e.